The van der Waals surface area contributed by atoms with Gasteiger partial charge in [-0.25, -0.2) is 4.39 Å². The number of amides is 1. The Morgan fingerprint density at radius 3 is 2.60 bits per heavy atom. The number of hydrogen-bond donors (Lipinski definition) is 2. The third-order valence-electron chi connectivity index (χ3n) is 2.74. The molecular weight excluding hydrogens is 261 g/mol. The van der Waals surface area contributed by atoms with E-state index in [9.17, 15) is 9.18 Å². The Morgan fingerprint density at radius 1 is 1.35 bits per heavy atom. The van der Waals surface area contributed by atoms with Crippen LogP contribution in [0.3, 0.4) is 0 Å². The topological polar surface area (TPSA) is 92.0 Å². The van der Waals surface area contributed by atoms with Gasteiger partial charge in [0.2, 0.25) is 11.7 Å². The largest absolute Gasteiger partial charge is 0.449 e. The molecule has 2 aromatic rings. The van der Waals surface area contributed by atoms with Crippen LogP contribution >= 0.6 is 0 Å². The molecule has 1 atom stereocenters. The molecule has 3 N–H and O–H groups in total. The number of hydrogen-bond acceptors (Lipinski definition) is 4. The fourth-order valence-electron chi connectivity index (χ4n) is 1.77. The molecule has 0 radical (unpaired) electrons. The molecule has 0 aliphatic carbocycles. The van der Waals surface area contributed by atoms with Crippen LogP contribution in [0.4, 0.5) is 4.39 Å². The summed E-state index contributed by atoms with van der Waals surface area (Å²) in [7, 11) is 0. The molecule has 2 rings (SSSR count). The first-order valence-corrected chi connectivity index (χ1v) is 5.87. The summed E-state index contributed by atoms with van der Waals surface area (Å²) in [4.78, 5) is 11.5. The van der Waals surface area contributed by atoms with Gasteiger partial charge in [-0.15, -0.1) is 0 Å². The van der Waals surface area contributed by atoms with Gasteiger partial charge in [0.25, 0.3) is 0 Å². The molecule has 0 fully saturated rings. The highest BCUT2D eigenvalue weighted by Gasteiger charge is 2.17. The van der Waals surface area contributed by atoms with Crippen molar-refractivity contribution in [2.75, 3.05) is 0 Å². The maximum atomic E-state index is 12.9. The van der Waals surface area contributed by atoms with Crippen molar-refractivity contribution >= 4 is 5.91 Å². The molecule has 1 heterocycles. The number of halogens is 1. The van der Waals surface area contributed by atoms with E-state index in [0.717, 1.165) is 0 Å². The Morgan fingerprint density at radius 2 is 2.05 bits per heavy atom. The monoisotopic (exact) mass is 273 g/mol. The third-order valence-corrected chi connectivity index (χ3v) is 2.74. The highest BCUT2D eigenvalue weighted by molar-refractivity contribution is 5.81. The third kappa shape index (κ3) is 3.22. The predicted molar refractivity (Wildman–Crippen MR) is 68.6 cm³/mol. The summed E-state index contributed by atoms with van der Waals surface area (Å²) in [5.41, 5.74) is 5.89. The van der Waals surface area contributed by atoms with E-state index in [-0.39, 0.29) is 18.1 Å². The van der Waals surface area contributed by atoms with Crippen molar-refractivity contribution in [1.82, 2.24) is 5.32 Å². The van der Waals surface area contributed by atoms with Gasteiger partial charge in [-0.05, 0) is 29.8 Å². The van der Waals surface area contributed by atoms with Gasteiger partial charge < -0.3 is 10.2 Å². The number of furan rings is 1. The number of carbonyl (C=O) groups is 1. The summed E-state index contributed by atoms with van der Waals surface area (Å²) in [6.45, 7) is 0.229. The molecule has 20 heavy (non-hydrogen) atoms. The summed E-state index contributed by atoms with van der Waals surface area (Å²) < 4.78 is 18.0. The minimum absolute atomic E-state index is 0.194. The summed E-state index contributed by atoms with van der Waals surface area (Å²) in [5.74, 6) is -0.264. The lowest BCUT2D eigenvalue weighted by molar-refractivity contribution is -0.120. The molecule has 0 bridgehead atoms. The summed E-state index contributed by atoms with van der Waals surface area (Å²) in [5, 5.41) is 11.6. The van der Waals surface area contributed by atoms with Gasteiger partial charge in [0.05, 0.1) is 6.54 Å². The Balaban J connectivity index is 2.08. The molecule has 1 aromatic heterocycles. The van der Waals surface area contributed by atoms with Crippen LogP contribution in [-0.2, 0) is 11.3 Å². The molecule has 6 heteroatoms. The van der Waals surface area contributed by atoms with E-state index in [2.05, 4.69) is 5.32 Å². The van der Waals surface area contributed by atoms with Gasteiger partial charge in [-0.3, -0.25) is 10.1 Å². The van der Waals surface area contributed by atoms with E-state index in [0.29, 0.717) is 11.3 Å². The first-order valence-electron chi connectivity index (χ1n) is 5.87. The summed E-state index contributed by atoms with van der Waals surface area (Å²) in [6.07, 6.45) is 0. The van der Waals surface area contributed by atoms with E-state index >= 15 is 0 Å². The Hall–Kier alpha value is -2.65. The molecule has 0 saturated heterocycles. The number of benzene rings is 1. The number of carbonyl (C=O) groups excluding carboxylic acids is 1. The second-order valence-corrected chi connectivity index (χ2v) is 4.15. The van der Waals surface area contributed by atoms with E-state index in [1.807, 2.05) is 6.07 Å². The number of rotatable bonds is 5. The van der Waals surface area contributed by atoms with Crippen LogP contribution in [0.25, 0.3) is 0 Å². The summed E-state index contributed by atoms with van der Waals surface area (Å²) in [6, 6.07) is 9.77. The molecule has 0 aliphatic rings. The molecule has 0 spiro atoms. The molecule has 0 unspecified atom stereocenters. The lowest BCUT2D eigenvalue weighted by atomic mass is 10.1. The molecule has 1 aromatic carbocycles. The molecule has 0 aliphatic heterocycles. The van der Waals surface area contributed by atoms with Crippen molar-refractivity contribution in [1.29, 1.82) is 5.26 Å². The highest BCUT2D eigenvalue weighted by Crippen LogP contribution is 2.15. The predicted octanol–water partition coefficient (Wildman–Crippen LogP) is 1.61. The van der Waals surface area contributed by atoms with Gasteiger partial charge in [0.15, 0.2) is 0 Å². The SMILES string of the molecule is N#Cc1ccc(CN[C@H](C(N)=O)c2ccc(F)cc2)o1. The Labute approximate surface area is 114 Å². The number of nitriles is 1. The minimum atomic E-state index is -0.758. The zero-order valence-electron chi connectivity index (χ0n) is 10.5. The van der Waals surface area contributed by atoms with Crippen LogP contribution in [0, 0.1) is 17.1 Å². The smallest absolute Gasteiger partial charge is 0.239 e. The van der Waals surface area contributed by atoms with Gasteiger partial charge >= 0.3 is 0 Å². The van der Waals surface area contributed by atoms with E-state index in [4.69, 9.17) is 15.4 Å². The van der Waals surface area contributed by atoms with Crippen molar-refractivity contribution < 1.29 is 13.6 Å². The van der Waals surface area contributed by atoms with Gasteiger partial charge in [0.1, 0.15) is 23.7 Å². The quantitative estimate of drug-likeness (QED) is 0.865. The first-order chi connectivity index (χ1) is 9.60. The number of nitrogens with zero attached hydrogens (tertiary/aromatic N) is 1. The maximum absolute atomic E-state index is 12.9. The van der Waals surface area contributed by atoms with Crippen molar-refractivity contribution in [3.05, 3.63) is 59.3 Å². The Bertz CT molecular complexity index is 643. The number of nitrogens with one attached hydrogen (secondary N) is 1. The molecule has 102 valence electrons. The standard InChI is InChI=1S/C14H12FN3O2/c15-10-3-1-9(2-4-10)13(14(17)19)18-8-12-6-5-11(7-16)20-12/h1-6,13,18H,8H2,(H2,17,19)/t13-/m0/s1. The Kier molecular flexibility index (Phi) is 4.13. The van der Waals surface area contributed by atoms with E-state index in [1.54, 1.807) is 6.07 Å². The lowest BCUT2D eigenvalue weighted by Crippen LogP contribution is -2.33. The normalized spacial score (nSPS) is 11.8. The van der Waals surface area contributed by atoms with E-state index in [1.165, 1.54) is 30.3 Å². The molecule has 0 saturated carbocycles. The molecular formula is C14H12FN3O2. The second-order valence-electron chi connectivity index (χ2n) is 4.15. The van der Waals surface area contributed by atoms with Crippen molar-refractivity contribution in [2.45, 2.75) is 12.6 Å². The van der Waals surface area contributed by atoms with Crippen LogP contribution in [0.15, 0.2) is 40.8 Å². The summed E-state index contributed by atoms with van der Waals surface area (Å²) >= 11 is 0. The van der Waals surface area contributed by atoms with Gasteiger partial charge in [-0.2, -0.15) is 5.26 Å². The van der Waals surface area contributed by atoms with Crippen LogP contribution in [0.1, 0.15) is 23.1 Å². The first kappa shape index (κ1) is 13.8. The zero-order chi connectivity index (χ0) is 14.5. The second kappa shape index (κ2) is 5.99. The van der Waals surface area contributed by atoms with Gasteiger partial charge in [-0.1, -0.05) is 12.1 Å². The van der Waals surface area contributed by atoms with Crippen molar-refractivity contribution in [3.63, 3.8) is 0 Å². The van der Waals surface area contributed by atoms with Crippen LogP contribution in [0.2, 0.25) is 0 Å². The highest BCUT2D eigenvalue weighted by atomic mass is 19.1. The maximum Gasteiger partial charge on any atom is 0.239 e. The average Bonchev–Trinajstić information content (AvgIpc) is 2.88. The molecule has 5 nitrogen and oxygen atoms in total. The van der Waals surface area contributed by atoms with Crippen molar-refractivity contribution in [3.8, 4) is 6.07 Å². The van der Waals surface area contributed by atoms with Crippen LogP contribution < -0.4 is 11.1 Å². The fourth-order valence-corrected chi connectivity index (χ4v) is 1.77. The lowest BCUT2D eigenvalue weighted by Gasteiger charge is -2.14. The molecule has 1 amide bonds. The minimum Gasteiger partial charge on any atom is -0.449 e. The number of primary amides is 1. The zero-order valence-corrected chi connectivity index (χ0v) is 10.5. The average molecular weight is 273 g/mol. The van der Waals surface area contributed by atoms with Crippen LogP contribution in [-0.4, -0.2) is 5.91 Å². The number of nitrogens with two attached hydrogens (primary N) is 1. The van der Waals surface area contributed by atoms with Gasteiger partial charge in [0, 0.05) is 0 Å². The fraction of sp³-hybridized carbons (Fsp3) is 0.143. The van der Waals surface area contributed by atoms with Crippen LogP contribution in [0.5, 0.6) is 0 Å². The van der Waals surface area contributed by atoms with Crippen molar-refractivity contribution in [2.24, 2.45) is 5.73 Å². The van der Waals surface area contributed by atoms with E-state index < -0.39 is 11.9 Å².